The molecule has 4 nitrogen and oxygen atoms in total. The maximum Gasteiger partial charge on any atom is 0.234 e. The molecule has 5 heteroatoms. The van der Waals surface area contributed by atoms with Gasteiger partial charge >= 0.3 is 0 Å². The lowest BCUT2D eigenvalue weighted by atomic mass is 10.0. The van der Waals surface area contributed by atoms with Gasteiger partial charge in [-0.15, -0.1) is 0 Å². The Bertz CT molecular complexity index is 750. The van der Waals surface area contributed by atoms with Gasteiger partial charge in [-0.25, -0.2) is 4.39 Å². The van der Waals surface area contributed by atoms with E-state index in [0.717, 1.165) is 31.6 Å². The van der Waals surface area contributed by atoms with Crippen LogP contribution in [0.2, 0.25) is 0 Å². The summed E-state index contributed by atoms with van der Waals surface area (Å²) >= 11 is 0. The van der Waals surface area contributed by atoms with Crippen molar-refractivity contribution in [1.82, 2.24) is 15.5 Å². The summed E-state index contributed by atoms with van der Waals surface area (Å²) in [6, 6.07) is 14.9. The van der Waals surface area contributed by atoms with Gasteiger partial charge in [0.25, 0.3) is 0 Å². The van der Waals surface area contributed by atoms with Crippen molar-refractivity contribution in [3.05, 3.63) is 71.0 Å². The Morgan fingerprint density at radius 1 is 1.27 bits per heavy atom. The number of nitrogens with zero attached hydrogens (tertiary/aromatic N) is 1. The van der Waals surface area contributed by atoms with Crippen LogP contribution in [0.1, 0.15) is 22.7 Å². The van der Waals surface area contributed by atoms with Crippen LogP contribution >= 0.6 is 0 Å². The average molecular weight is 355 g/mol. The molecule has 1 aliphatic rings. The molecule has 0 aliphatic carbocycles. The standard InChI is InChI=1S/C21H26FN3O/c1-16-5-2-3-6-17(16)9-10-24-21(26)15-25-12-11-23-14-20(25)18-7-4-8-19(22)13-18/h2-8,13,20,23H,9-12,14-15H2,1H3,(H,24,26). The molecule has 3 rings (SSSR count). The van der Waals surface area contributed by atoms with Gasteiger partial charge in [-0.2, -0.15) is 0 Å². The SMILES string of the molecule is Cc1ccccc1CCNC(=O)CN1CCNCC1c1cccc(F)c1. The van der Waals surface area contributed by atoms with Gasteiger partial charge in [0.1, 0.15) is 5.82 Å². The van der Waals surface area contributed by atoms with Crippen LogP contribution < -0.4 is 10.6 Å². The molecule has 2 aromatic carbocycles. The minimum absolute atomic E-state index is 0.0153. The number of piperazine rings is 1. The van der Waals surface area contributed by atoms with Crippen molar-refractivity contribution in [2.75, 3.05) is 32.7 Å². The monoisotopic (exact) mass is 355 g/mol. The lowest BCUT2D eigenvalue weighted by Gasteiger charge is -2.36. The molecular weight excluding hydrogens is 329 g/mol. The third-order valence-corrected chi connectivity index (χ3v) is 4.91. The van der Waals surface area contributed by atoms with Gasteiger partial charge in [0, 0.05) is 32.2 Å². The first-order valence-corrected chi connectivity index (χ1v) is 9.15. The van der Waals surface area contributed by atoms with Crippen LogP contribution in [-0.4, -0.2) is 43.5 Å². The van der Waals surface area contributed by atoms with Crippen LogP contribution in [0.25, 0.3) is 0 Å². The fraction of sp³-hybridized carbons (Fsp3) is 0.381. The largest absolute Gasteiger partial charge is 0.355 e. The summed E-state index contributed by atoms with van der Waals surface area (Å²) < 4.78 is 13.6. The molecule has 2 aromatic rings. The van der Waals surface area contributed by atoms with Crippen molar-refractivity contribution < 1.29 is 9.18 Å². The zero-order valence-electron chi connectivity index (χ0n) is 15.2. The quantitative estimate of drug-likeness (QED) is 0.837. The van der Waals surface area contributed by atoms with E-state index in [1.165, 1.54) is 17.2 Å². The van der Waals surface area contributed by atoms with Crippen LogP contribution in [0.15, 0.2) is 48.5 Å². The molecule has 0 bridgehead atoms. The Morgan fingerprint density at radius 3 is 2.92 bits per heavy atom. The number of benzene rings is 2. The number of nitrogens with one attached hydrogen (secondary N) is 2. The molecule has 1 heterocycles. The van der Waals surface area contributed by atoms with Crippen molar-refractivity contribution in [3.8, 4) is 0 Å². The van der Waals surface area contributed by atoms with Crippen LogP contribution in [0.3, 0.4) is 0 Å². The first-order valence-electron chi connectivity index (χ1n) is 9.15. The van der Waals surface area contributed by atoms with Gasteiger partial charge in [-0.05, 0) is 42.2 Å². The summed E-state index contributed by atoms with van der Waals surface area (Å²) in [4.78, 5) is 14.5. The van der Waals surface area contributed by atoms with Gasteiger partial charge < -0.3 is 10.6 Å². The summed E-state index contributed by atoms with van der Waals surface area (Å²) in [5.74, 6) is -0.224. The van der Waals surface area contributed by atoms with E-state index in [2.05, 4.69) is 34.6 Å². The number of rotatable bonds is 6. The minimum atomic E-state index is -0.240. The minimum Gasteiger partial charge on any atom is -0.355 e. The van der Waals surface area contributed by atoms with Crippen molar-refractivity contribution in [3.63, 3.8) is 0 Å². The molecule has 1 amide bonds. The second-order valence-electron chi connectivity index (χ2n) is 6.77. The van der Waals surface area contributed by atoms with E-state index in [4.69, 9.17) is 0 Å². The van der Waals surface area contributed by atoms with Crippen LogP contribution in [0.4, 0.5) is 4.39 Å². The second kappa shape index (κ2) is 8.92. The third-order valence-electron chi connectivity index (χ3n) is 4.91. The Hall–Kier alpha value is -2.24. The Labute approximate surface area is 154 Å². The van der Waals surface area contributed by atoms with E-state index in [9.17, 15) is 9.18 Å². The van der Waals surface area contributed by atoms with E-state index < -0.39 is 0 Å². The molecular formula is C21H26FN3O. The number of hydrogen-bond donors (Lipinski definition) is 2. The Balaban J connectivity index is 1.54. The molecule has 1 aliphatic heterocycles. The third kappa shape index (κ3) is 4.90. The summed E-state index contributed by atoms with van der Waals surface area (Å²) in [5, 5.41) is 6.35. The molecule has 138 valence electrons. The summed E-state index contributed by atoms with van der Waals surface area (Å²) in [6.45, 7) is 5.37. The maximum absolute atomic E-state index is 13.6. The molecule has 1 unspecified atom stereocenters. The Kier molecular flexibility index (Phi) is 6.36. The number of carbonyl (C=O) groups is 1. The first-order chi connectivity index (χ1) is 12.6. The van der Waals surface area contributed by atoms with Crippen LogP contribution in [-0.2, 0) is 11.2 Å². The zero-order chi connectivity index (χ0) is 18.4. The highest BCUT2D eigenvalue weighted by atomic mass is 19.1. The van der Waals surface area contributed by atoms with Gasteiger partial charge in [-0.1, -0.05) is 36.4 Å². The van der Waals surface area contributed by atoms with E-state index in [1.807, 2.05) is 18.2 Å². The predicted molar refractivity (Wildman–Crippen MR) is 101 cm³/mol. The van der Waals surface area contributed by atoms with Crippen molar-refractivity contribution in [2.24, 2.45) is 0 Å². The lowest BCUT2D eigenvalue weighted by molar-refractivity contribution is -0.123. The van der Waals surface area contributed by atoms with Crippen LogP contribution in [0, 0.1) is 12.7 Å². The molecule has 0 saturated carbocycles. The highest BCUT2D eigenvalue weighted by Crippen LogP contribution is 2.22. The van der Waals surface area contributed by atoms with E-state index in [1.54, 1.807) is 12.1 Å². The van der Waals surface area contributed by atoms with Crippen molar-refractivity contribution in [1.29, 1.82) is 0 Å². The van der Waals surface area contributed by atoms with Crippen molar-refractivity contribution >= 4 is 5.91 Å². The summed E-state index contributed by atoms with van der Waals surface area (Å²) in [7, 11) is 0. The fourth-order valence-electron chi connectivity index (χ4n) is 3.45. The second-order valence-corrected chi connectivity index (χ2v) is 6.77. The zero-order valence-corrected chi connectivity index (χ0v) is 15.2. The maximum atomic E-state index is 13.6. The molecule has 0 aromatic heterocycles. The molecule has 1 saturated heterocycles. The lowest BCUT2D eigenvalue weighted by Crippen LogP contribution is -2.49. The number of aryl methyl sites for hydroxylation is 1. The number of carbonyl (C=O) groups excluding carboxylic acids is 1. The topological polar surface area (TPSA) is 44.4 Å². The first kappa shape index (κ1) is 18.5. The van der Waals surface area contributed by atoms with Gasteiger partial charge in [0.05, 0.1) is 6.54 Å². The molecule has 26 heavy (non-hydrogen) atoms. The predicted octanol–water partition coefficient (Wildman–Crippen LogP) is 2.44. The van der Waals surface area contributed by atoms with E-state index in [-0.39, 0.29) is 17.8 Å². The highest BCUT2D eigenvalue weighted by molar-refractivity contribution is 5.78. The van der Waals surface area contributed by atoms with Gasteiger partial charge in [0.15, 0.2) is 0 Å². The number of amides is 1. The molecule has 2 N–H and O–H groups in total. The molecule has 1 atom stereocenters. The summed E-state index contributed by atoms with van der Waals surface area (Å²) in [6.07, 6.45) is 0.827. The van der Waals surface area contributed by atoms with Crippen molar-refractivity contribution in [2.45, 2.75) is 19.4 Å². The molecule has 0 radical (unpaired) electrons. The van der Waals surface area contributed by atoms with E-state index in [0.29, 0.717) is 13.1 Å². The van der Waals surface area contributed by atoms with Gasteiger partial charge in [0.2, 0.25) is 5.91 Å². The number of hydrogen-bond acceptors (Lipinski definition) is 3. The fourth-order valence-corrected chi connectivity index (χ4v) is 3.45. The molecule has 1 fully saturated rings. The van der Waals surface area contributed by atoms with Gasteiger partial charge in [-0.3, -0.25) is 9.69 Å². The van der Waals surface area contributed by atoms with E-state index >= 15 is 0 Å². The normalized spacial score (nSPS) is 17.8. The Morgan fingerprint density at radius 2 is 2.12 bits per heavy atom. The molecule has 0 spiro atoms. The van der Waals surface area contributed by atoms with Crippen LogP contribution in [0.5, 0.6) is 0 Å². The average Bonchev–Trinajstić information content (AvgIpc) is 2.64. The highest BCUT2D eigenvalue weighted by Gasteiger charge is 2.25. The summed E-state index contributed by atoms with van der Waals surface area (Å²) in [5.41, 5.74) is 3.41. The number of halogens is 1. The smallest absolute Gasteiger partial charge is 0.234 e.